The Morgan fingerprint density at radius 2 is 2.22 bits per heavy atom. The van der Waals surface area contributed by atoms with Crippen LogP contribution in [0.1, 0.15) is 28.1 Å². The number of aryl methyl sites for hydroxylation is 1. The molecule has 0 radical (unpaired) electrons. The van der Waals surface area contributed by atoms with E-state index in [2.05, 4.69) is 20.3 Å². The van der Waals surface area contributed by atoms with Crippen LogP contribution in [0, 0.1) is 6.92 Å². The highest BCUT2D eigenvalue weighted by Crippen LogP contribution is 2.23. The Kier molecular flexibility index (Phi) is 4.43. The van der Waals surface area contributed by atoms with Gasteiger partial charge in [0.15, 0.2) is 0 Å². The molecule has 0 spiro atoms. The Labute approximate surface area is 134 Å². The van der Waals surface area contributed by atoms with Gasteiger partial charge in [0.1, 0.15) is 0 Å². The molecule has 2 N–H and O–H groups in total. The maximum Gasteiger partial charge on any atom is 0.226 e. The average molecular weight is 310 g/mol. The van der Waals surface area contributed by atoms with E-state index in [0.29, 0.717) is 12.2 Å². The molecule has 3 rings (SSSR count). The second-order valence-corrected chi connectivity index (χ2v) is 5.43. The summed E-state index contributed by atoms with van der Waals surface area (Å²) in [5.41, 5.74) is 5.70. The van der Waals surface area contributed by atoms with Crippen LogP contribution in [-0.2, 0) is 17.8 Å². The van der Waals surface area contributed by atoms with Crippen molar-refractivity contribution < 1.29 is 9.90 Å². The van der Waals surface area contributed by atoms with Crippen molar-refractivity contribution in [1.82, 2.24) is 15.3 Å². The normalized spacial score (nSPS) is 12.7. The van der Waals surface area contributed by atoms with Crippen LogP contribution in [0.3, 0.4) is 0 Å². The summed E-state index contributed by atoms with van der Waals surface area (Å²) in [7, 11) is 0. The first-order valence-corrected chi connectivity index (χ1v) is 7.50. The molecular weight excluding hydrogens is 292 g/mol. The number of nitrogens with zero attached hydrogens (tertiary/aromatic N) is 3. The first-order valence-electron chi connectivity index (χ1n) is 7.50. The third kappa shape index (κ3) is 3.43. The summed E-state index contributed by atoms with van der Waals surface area (Å²) < 4.78 is 0. The predicted molar refractivity (Wildman–Crippen MR) is 86.4 cm³/mol. The Balaban J connectivity index is 1.78. The Morgan fingerprint density at radius 3 is 3.00 bits per heavy atom. The first-order chi connectivity index (χ1) is 11.2. The zero-order chi connectivity index (χ0) is 16.2. The Hall–Kier alpha value is -2.60. The van der Waals surface area contributed by atoms with Gasteiger partial charge in [0, 0.05) is 35.8 Å². The van der Waals surface area contributed by atoms with Gasteiger partial charge in [-0.15, -0.1) is 0 Å². The summed E-state index contributed by atoms with van der Waals surface area (Å²) in [6.45, 7) is 2.75. The number of aliphatic hydroxyl groups excluding tert-OH is 1. The second kappa shape index (κ2) is 6.66. The number of hydrogen-bond donors (Lipinski definition) is 2. The average Bonchev–Trinajstić information content (AvgIpc) is 2.96. The zero-order valence-corrected chi connectivity index (χ0v) is 12.9. The summed E-state index contributed by atoms with van der Waals surface area (Å²) in [5.74, 6) is -0.143. The van der Waals surface area contributed by atoms with Crippen molar-refractivity contribution in [1.29, 1.82) is 0 Å². The van der Waals surface area contributed by atoms with Gasteiger partial charge < -0.3 is 10.4 Å². The SMILES string of the molecule is Cc1cc(C2=NCc3cc(CC(=O)NCCO)ncc32)ccn1. The molecule has 1 aliphatic heterocycles. The van der Waals surface area contributed by atoms with E-state index in [1.54, 1.807) is 12.4 Å². The number of aliphatic imine (C=N–C) groups is 1. The minimum absolute atomic E-state index is 0.0636. The van der Waals surface area contributed by atoms with E-state index >= 15 is 0 Å². The fourth-order valence-corrected chi connectivity index (χ4v) is 2.60. The standard InChI is InChI=1S/C17H18N4O2/c1-11-6-12(2-3-18-11)17-15-10-20-14(7-13(15)9-21-17)8-16(23)19-4-5-22/h2-3,6-7,10,22H,4-5,8-9H2,1H3,(H,19,23). The monoisotopic (exact) mass is 310 g/mol. The van der Waals surface area contributed by atoms with Gasteiger partial charge in [0.25, 0.3) is 0 Å². The predicted octanol–water partition coefficient (Wildman–Crippen LogP) is 0.787. The number of aliphatic hydroxyl groups is 1. The fraction of sp³-hybridized carbons (Fsp3) is 0.294. The number of fused-ring (bicyclic) bond motifs is 1. The molecule has 6 nitrogen and oxygen atoms in total. The van der Waals surface area contributed by atoms with Crippen LogP contribution in [0.5, 0.6) is 0 Å². The lowest BCUT2D eigenvalue weighted by Crippen LogP contribution is -2.28. The minimum atomic E-state index is -0.143. The third-order valence-electron chi connectivity index (χ3n) is 3.65. The molecule has 0 atom stereocenters. The molecule has 2 aromatic heterocycles. The van der Waals surface area contributed by atoms with Gasteiger partial charge in [0.05, 0.1) is 31.0 Å². The van der Waals surface area contributed by atoms with Gasteiger partial charge in [-0.3, -0.25) is 19.8 Å². The van der Waals surface area contributed by atoms with E-state index in [9.17, 15) is 4.79 Å². The van der Waals surface area contributed by atoms with Crippen molar-refractivity contribution >= 4 is 11.6 Å². The van der Waals surface area contributed by atoms with Crippen LogP contribution in [0.4, 0.5) is 0 Å². The quantitative estimate of drug-likeness (QED) is 0.854. The molecule has 0 aromatic carbocycles. The van der Waals surface area contributed by atoms with Crippen molar-refractivity contribution in [3.63, 3.8) is 0 Å². The van der Waals surface area contributed by atoms with Crippen LogP contribution >= 0.6 is 0 Å². The number of amides is 1. The lowest BCUT2D eigenvalue weighted by atomic mass is 10.0. The molecule has 0 saturated heterocycles. The van der Waals surface area contributed by atoms with Gasteiger partial charge in [-0.05, 0) is 30.7 Å². The van der Waals surface area contributed by atoms with E-state index in [-0.39, 0.29) is 25.5 Å². The Morgan fingerprint density at radius 1 is 1.35 bits per heavy atom. The van der Waals surface area contributed by atoms with Gasteiger partial charge in [-0.2, -0.15) is 0 Å². The van der Waals surface area contributed by atoms with Crippen molar-refractivity contribution in [2.75, 3.05) is 13.2 Å². The van der Waals surface area contributed by atoms with Crippen molar-refractivity contribution in [2.45, 2.75) is 19.9 Å². The van der Waals surface area contributed by atoms with Crippen LogP contribution in [0.25, 0.3) is 0 Å². The minimum Gasteiger partial charge on any atom is -0.395 e. The summed E-state index contributed by atoms with van der Waals surface area (Å²) in [4.78, 5) is 24.9. The van der Waals surface area contributed by atoms with Crippen LogP contribution < -0.4 is 5.32 Å². The highest BCUT2D eigenvalue weighted by molar-refractivity contribution is 6.15. The molecule has 0 unspecified atom stereocenters. The lowest BCUT2D eigenvalue weighted by molar-refractivity contribution is -0.120. The van der Waals surface area contributed by atoms with Crippen LogP contribution in [0.2, 0.25) is 0 Å². The van der Waals surface area contributed by atoms with Gasteiger partial charge in [0.2, 0.25) is 5.91 Å². The van der Waals surface area contributed by atoms with E-state index in [1.165, 1.54) is 0 Å². The molecule has 1 amide bonds. The molecule has 0 bridgehead atoms. The van der Waals surface area contributed by atoms with Gasteiger partial charge in [-0.25, -0.2) is 0 Å². The highest BCUT2D eigenvalue weighted by atomic mass is 16.3. The maximum absolute atomic E-state index is 11.7. The number of hydrogen-bond acceptors (Lipinski definition) is 5. The largest absolute Gasteiger partial charge is 0.395 e. The molecule has 118 valence electrons. The summed E-state index contributed by atoms with van der Waals surface area (Å²) >= 11 is 0. The number of nitrogens with one attached hydrogen (secondary N) is 1. The smallest absolute Gasteiger partial charge is 0.226 e. The molecule has 23 heavy (non-hydrogen) atoms. The maximum atomic E-state index is 11.7. The molecule has 0 saturated carbocycles. The number of pyridine rings is 2. The van der Waals surface area contributed by atoms with Crippen molar-refractivity contribution in [2.24, 2.45) is 4.99 Å². The van der Waals surface area contributed by atoms with Gasteiger partial charge >= 0.3 is 0 Å². The topological polar surface area (TPSA) is 87.5 Å². The molecular formula is C17H18N4O2. The molecule has 6 heteroatoms. The molecule has 1 aliphatic rings. The molecule has 2 aromatic rings. The second-order valence-electron chi connectivity index (χ2n) is 5.43. The summed E-state index contributed by atoms with van der Waals surface area (Å²) in [6.07, 6.45) is 3.76. The third-order valence-corrected chi connectivity index (χ3v) is 3.65. The summed E-state index contributed by atoms with van der Waals surface area (Å²) in [6, 6.07) is 5.87. The lowest BCUT2D eigenvalue weighted by Gasteiger charge is -2.07. The molecule has 3 heterocycles. The van der Waals surface area contributed by atoms with E-state index < -0.39 is 0 Å². The Bertz CT molecular complexity index is 771. The van der Waals surface area contributed by atoms with Crippen LogP contribution in [0.15, 0.2) is 35.6 Å². The number of rotatable bonds is 5. The molecule has 0 fully saturated rings. The number of carbonyl (C=O) groups excluding carboxylic acids is 1. The number of carbonyl (C=O) groups is 1. The van der Waals surface area contributed by atoms with E-state index in [1.807, 2.05) is 25.1 Å². The van der Waals surface area contributed by atoms with Crippen molar-refractivity contribution in [3.8, 4) is 0 Å². The zero-order valence-electron chi connectivity index (χ0n) is 12.9. The highest BCUT2D eigenvalue weighted by Gasteiger charge is 2.19. The first kappa shape index (κ1) is 15.3. The number of aromatic nitrogens is 2. The summed E-state index contributed by atoms with van der Waals surface area (Å²) in [5, 5.41) is 11.3. The van der Waals surface area contributed by atoms with Crippen molar-refractivity contribution in [3.05, 3.63) is 58.7 Å². The molecule has 0 aliphatic carbocycles. The van der Waals surface area contributed by atoms with E-state index in [4.69, 9.17) is 5.11 Å². The van der Waals surface area contributed by atoms with Crippen LogP contribution in [-0.4, -0.2) is 39.8 Å². The fourth-order valence-electron chi connectivity index (χ4n) is 2.60. The van der Waals surface area contributed by atoms with Gasteiger partial charge in [-0.1, -0.05) is 0 Å². The van der Waals surface area contributed by atoms with E-state index in [0.717, 1.165) is 28.1 Å².